The summed E-state index contributed by atoms with van der Waals surface area (Å²) in [5.74, 6) is -0.525. The first-order valence-electron chi connectivity index (χ1n) is 11.2. The van der Waals surface area contributed by atoms with E-state index in [1.807, 2.05) is 37.3 Å². The number of hydrogen-bond acceptors (Lipinski definition) is 5. The number of imide groups is 1. The number of benzene rings is 3. The number of hydrogen-bond donors (Lipinski definition) is 0. The van der Waals surface area contributed by atoms with E-state index in [4.69, 9.17) is 4.18 Å². The van der Waals surface area contributed by atoms with E-state index < -0.39 is 10.1 Å². The summed E-state index contributed by atoms with van der Waals surface area (Å²) in [4.78, 5) is 26.4. The Kier molecular flexibility index (Phi) is 7.86. The molecule has 3 aromatic rings. The Morgan fingerprint density at radius 3 is 2.09 bits per heavy atom. The summed E-state index contributed by atoms with van der Waals surface area (Å²) in [6.45, 7) is 2.21. The summed E-state index contributed by atoms with van der Waals surface area (Å²) in [6.07, 6.45) is 3.66. The van der Waals surface area contributed by atoms with E-state index in [0.29, 0.717) is 41.6 Å². The Bertz CT molecular complexity index is 1320. The molecular formula is C27H25NO5SSe. The molecule has 1 aliphatic rings. The van der Waals surface area contributed by atoms with Gasteiger partial charge in [-0.15, -0.1) is 0 Å². The van der Waals surface area contributed by atoms with E-state index in [0.717, 1.165) is 10.0 Å². The van der Waals surface area contributed by atoms with Gasteiger partial charge in [0.15, 0.2) is 0 Å². The fraction of sp³-hybridized carbons (Fsp3) is 0.185. The van der Waals surface area contributed by atoms with Gasteiger partial charge in [0.05, 0.1) is 0 Å². The Morgan fingerprint density at radius 1 is 0.857 bits per heavy atom. The summed E-state index contributed by atoms with van der Waals surface area (Å²) in [6, 6.07) is 23.0. The molecule has 4 rings (SSSR count). The van der Waals surface area contributed by atoms with E-state index in [1.165, 1.54) is 4.90 Å². The van der Waals surface area contributed by atoms with Crippen molar-refractivity contribution in [2.75, 3.05) is 6.54 Å². The third-order valence-corrected chi connectivity index (χ3v) is 8.99. The maximum atomic E-state index is 12.9. The van der Waals surface area contributed by atoms with Gasteiger partial charge in [0, 0.05) is 0 Å². The first kappa shape index (κ1) is 24.9. The van der Waals surface area contributed by atoms with Gasteiger partial charge < -0.3 is 0 Å². The monoisotopic (exact) mass is 555 g/mol. The number of amides is 2. The molecule has 0 N–H and O–H groups in total. The molecule has 0 aliphatic carbocycles. The molecule has 1 aliphatic heterocycles. The molecule has 0 unspecified atom stereocenters. The van der Waals surface area contributed by atoms with Crippen molar-refractivity contribution in [3.63, 3.8) is 0 Å². The summed E-state index contributed by atoms with van der Waals surface area (Å²) >= 11 is -0.332. The van der Waals surface area contributed by atoms with Gasteiger partial charge in [-0.05, 0) is 0 Å². The number of aryl methyl sites for hydroxylation is 1. The van der Waals surface area contributed by atoms with E-state index in [2.05, 4.69) is 0 Å². The fourth-order valence-corrected chi connectivity index (χ4v) is 6.82. The van der Waals surface area contributed by atoms with E-state index in [-0.39, 0.29) is 31.7 Å². The van der Waals surface area contributed by atoms with Crippen LogP contribution < -0.4 is 4.46 Å². The number of rotatable bonds is 10. The van der Waals surface area contributed by atoms with Gasteiger partial charge in [-0.2, -0.15) is 0 Å². The van der Waals surface area contributed by atoms with Gasteiger partial charge in [0.1, 0.15) is 0 Å². The quantitative estimate of drug-likeness (QED) is 0.124. The number of unbranched alkanes of at least 4 members (excludes halogenated alkanes) is 2. The van der Waals surface area contributed by atoms with Crippen LogP contribution in [0, 0.1) is 6.92 Å². The first-order chi connectivity index (χ1) is 16.8. The van der Waals surface area contributed by atoms with Crippen molar-refractivity contribution >= 4 is 41.4 Å². The number of carbonyl (C=O) groups excluding carboxylic acids is 2. The normalized spacial score (nSPS) is 13.7. The third kappa shape index (κ3) is 6.09. The molecule has 0 atom stereocenters. The summed E-state index contributed by atoms with van der Waals surface area (Å²) in [5.41, 5.74) is 1.85. The minimum atomic E-state index is -3.95. The van der Waals surface area contributed by atoms with Crippen molar-refractivity contribution in [3.05, 3.63) is 106 Å². The van der Waals surface area contributed by atoms with Crippen molar-refractivity contribution in [1.82, 2.24) is 4.90 Å². The van der Waals surface area contributed by atoms with Gasteiger partial charge in [-0.3, -0.25) is 0 Å². The molecule has 2 amide bonds. The van der Waals surface area contributed by atoms with E-state index in [1.54, 1.807) is 54.6 Å². The van der Waals surface area contributed by atoms with Crippen LogP contribution >= 0.6 is 0 Å². The van der Waals surface area contributed by atoms with Crippen molar-refractivity contribution in [2.45, 2.75) is 31.1 Å². The standard InChI is InChI=1S/C27H25NO5SSe/c1-20-15-17-21(18-16-20)34(31,32)33-25(35-22-10-4-2-5-11-22)14-6-3-9-19-28-26(29)23-12-7-8-13-24(23)27(28)30/h2,4-5,7-8,10-18H,3,6,9,19H2,1H3/b25-14-. The van der Waals surface area contributed by atoms with Crippen LogP contribution in [-0.4, -0.2) is 46.6 Å². The molecule has 180 valence electrons. The van der Waals surface area contributed by atoms with Crippen molar-refractivity contribution in [2.24, 2.45) is 0 Å². The maximum absolute atomic E-state index is 12.9. The average molecular weight is 555 g/mol. The van der Waals surface area contributed by atoms with Crippen LogP contribution in [0.3, 0.4) is 0 Å². The third-order valence-electron chi connectivity index (χ3n) is 5.49. The van der Waals surface area contributed by atoms with Crippen LogP contribution in [0.4, 0.5) is 0 Å². The van der Waals surface area contributed by atoms with Crippen LogP contribution in [0.15, 0.2) is 94.5 Å². The molecule has 0 aromatic heterocycles. The first-order valence-corrected chi connectivity index (χ1v) is 14.4. The molecule has 6 nitrogen and oxygen atoms in total. The fourth-order valence-electron chi connectivity index (χ4n) is 3.63. The SMILES string of the molecule is Cc1ccc(S(=O)(=O)O/C(=C/CCCCN2C(=O)c3ccccc3C2=O)[Se]c2ccccc2)cc1. The van der Waals surface area contributed by atoms with Crippen LogP contribution in [0.25, 0.3) is 0 Å². The summed E-state index contributed by atoms with van der Waals surface area (Å²) in [5, 5.41) is 0. The van der Waals surface area contributed by atoms with Crippen molar-refractivity contribution < 1.29 is 22.2 Å². The molecule has 0 radical (unpaired) electrons. The molecule has 0 saturated heterocycles. The van der Waals surface area contributed by atoms with Crippen molar-refractivity contribution in [1.29, 1.82) is 0 Å². The van der Waals surface area contributed by atoms with Gasteiger partial charge in [-0.25, -0.2) is 0 Å². The second-order valence-corrected chi connectivity index (χ2v) is 11.9. The second-order valence-electron chi connectivity index (χ2n) is 8.09. The van der Waals surface area contributed by atoms with E-state index >= 15 is 0 Å². The zero-order chi connectivity index (χ0) is 24.8. The van der Waals surface area contributed by atoms with E-state index in [9.17, 15) is 18.0 Å². The molecule has 0 spiro atoms. The predicted octanol–water partition coefficient (Wildman–Crippen LogP) is 4.04. The predicted molar refractivity (Wildman–Crippen MR) is 135 cm³/mol. The zero-order valence-electron chi connectivity index (χ0n) is 19.2. The van der Waals surface area contributed by atoms with Crippen molar-refractivity contribution in [3.8, 4) is 0 Å². The number of allylic oxidation sites excluding steroid dienone is 1. The minimum absolute atomic E-state index is 0.114. The van der Waals surface area contributed by atoms with Gasteiger partial charge >= 0.3 is 212 Å². The molecular weight excluding hydrogens is 529 g/mol. The number of fused-ring (bicyclic) bond motifs is 1. The van der Waals surface area contributed by atoms with Crippen LogP contribution in [-0.2, 0) is 14.3 Å². The number of carbonyl (C=O) groups is 2. The second kappa shape index (κ2) is 11.0. The zero-order valence-corrected chi connectivity index (χ0v) is 21.7. The van der Waals surface area contributed by atoms with Crippen LogP contribution in [0.5, 0.6) is 0 Å². The number of nitrogens with zero attached hydrogens (tertiary/aromatic N) is 1. The van der Waals surface area contributed by atoms with Gasteiger partial charge in [-0.1, -0.05) is 0 Å². The van der Waals surface area contributed by atoms with Gasteiger partial charge in [0.2, 0.25) is 0 Å². The topological polar surface area (TPSA) is 80.8 Å². The Labute approximate surface area is 211 Å². The summed E-state index contributed by atoms with van der Waals surface area (Å²) in [7, 11) is -3.95. The Balaban J connectivity index is 1.40. The molecule has 0 bridgehead atoms. The summed E-state index contributed by atoms with van der Waals surface area (Å²) < 4.78 is 32.7. The van der Waals surface area contributed by atoms with Crippen LogP contribution in [0.1, 0.15) is 45.5 Å². The van der Waals surface area contributed by atoms with Gasteiger partial charge in [0.25, 0.3) is 0 Å². The molecule has 1 heterocycles. The Hall–Kier alpha value is -3.19. The molecule has 0 fully saturated rings. The molecule has 3 aromatic carbocycles. The average Bonchev–Trinajstić information content (AvgIpc) is 3.09. The van der Waals surface area contributed by atoms with Crippen LogP contribution in [0.2, 0.25) is 0 Å². The molecule has 8 heteroatoms. The molecule has 0 saturated carbocycles. The Morgan fingerprint density at radius 2 is 1.46 bits per heavy atom. The molecule has 35 heavy (non-hydrogen) atoms.